The van der Waals surface area contributed by atoms with E-state index in [0.29, 0.717) is 25.5 Å². The average molecular weight is 373 g/mol. The van der Waals surface area contributed by atoms with Crippen molar-refractivity contribution < 1.29 is 9.53 Å². The summed E-state index contributed by atoms with van der Waals surface area (Å²) in [6, 6.07) is 1.98. The van der Waals surface area contributed by atoms with Crippen LogP contribution >= 0.6 is 0 Å². The van der Waals surface area contributed by atoms with Crippen molar-refractivity contribution in [3.8, 4) is 0 Å². The number of nitrogens with zero attached hydrogens (tertiary/aromatic N) is 3. The normalized spacial score (nSPS) is 15.4. The summed E-state index contributed by atoms with van der Waals surface area (Å²) in [4.78, 5) is 16.8. The largest absolute Gasteiger partial charge is 0.378 e. The van der Waals surface area contributed by atoms with E-state index in [1.807, 2.05) is 31.4 Å². The van der Waals surface area contributed by atoms with Crippen molar-refractivity contribution in [1.29, 1.82) is 0 Å². The maximum atomic E-state index is 12.2. The third-order valence-electron chi connectivity index (χ3n) is 5.44. The summed E-state index contributed by atoms with van der Waals surface area (Å²) in [5, 5.41) is 7.50. The first-order valence-electron chi connectivity index (χ1n) is 10.3. The lowest BCUT2D eigenvalue weighted by Gasteiger charge is -2.21. The zero-order chi connectivity index (χ0) is 19.2. The number of carbonyl (C=O) groups excluding carboxylic acids is 1. The van der Waals surface area contributed by atoms with Crippen LogP contribution in [0, 0.1) is 20.8 Å². The lowest BCUT2D eigenvalue weighted by Crippen LogP contribution is -2.26. The molecule has 3 rings (SSSR count). The standard InChI is InChI=1S/C21H32N4O2/c1-15-14-20-23-16(2)19(17(3)25(20)24-15)10-11-21(26)22-12-7-13-27-18-8-5-4-6-9-18/h14,18H,4-13H2,1-3H3,(H,22,26). The van der Waals surface area contributed by atoms with Crippen LogP contribution in [0.15, 0.2) is 6.07 Å². The Morgan fingerprint density at radius 1 is 1.26 bits per heavy atom. The Morgan fingerprint density at radius 2 is 2.04 bits per heavy atom. The molecule has 27 heavy (non-hydrogen) atoms. The fraction of sp³-hybridized carbons (Fsp3) is 0.667. The molecule has 1 aliphatic rings. The molecule has 0 radical (unpaired) electrons. The molecular weight excluding hydrogens is 340 g/mol. The molecule has 2 heterocycles. The van der Waals surface area contributed by atoms with Crippen molar-refractivity contribution in [3.63, 3.8) is 0 Å². The molecule has 1 amide bonds. The minimum Gasteiger partial charge on any atom is -0.378 e. The Balaban J connectivity index is 1.40. The SMILES string of the molecule is Cc1cc2nc(C)c(CCC(=O)NCCCOC3CCCCC3)c(C)n2n1. The van der Waals surface area contributed by atoms with Gasteiger partial charge in [0.15, 0.2) is 5.65 Å². The molecule has 1 saturated carbocycles. The smallest absolute Gasteiger partial charge is 0.220 e. The summed E-state index contributed by atoms with van der Waals surface area (Å²) >= 11 is 0. The monoisotopic (exact) mass is 372 g/mol. The molecule has 1 fully saturated rings. The van der Waals surface area contributed by atoms with Gasteiger partial charge in [-0.25, -0.2) is 9.50 Å². The molecule has 6 nitrogen and oxygen atoms in total. The molecule has 2 aromatic heterocycles. The molecule has 1 N–H and O–H groups in total. The maximum absolute atomic E-state index is 12.2. The van der Waals surface area contributed by atoms with Gasteiger partial charge in [0.25, 0.3) is 0 Å². The first-order valence-corrected chi connectivity index (χ1v) is 10.3. The number of nitrogens with one attached hydrogen (secondary N) is 1. The molecule has 0 unspecified atom stereocenters. The van der Waals surface area contributed by atoms with E-state index in [1.54, 1.807) is 0 Å². The second-order valence-corrected chi connectivity index (χ2v) is 7.65. The summed E-state index contributed by atoms with van der Waals surface area (Å²) in [5.74, 6) is 0.0863. The molecule has 148 valence electrons. The van der Waals surface area contributed by atoms with E-state index in [1.165, 1.54) is 32.1 Å². The molecule has 0 bridgehead atoms. The van der Waals surface area contributed by atoms with E-state index in [-0.39, 0.29) is 5.91 Å². The number of hydrogen-bond donors (Lipinski definition) is 1. The van der Waals surface area contributed by atoms with Crippen LogP contribution in [0.1, 0.15) is 67.6 Å². The molecule has 0 atom stereocenters. The van der Waals surface area contributed by atoms with Crippen LogP contribution in [0.4, 0.5) is 0 Å². The van der Waals surface area contributed by atoms with Gasteiger partial charge in [-0.2, -0.15) is 5.10 Å². The van der Waals surface area contributed by atoms with Crippen molar-refractivity contribution in [2.45, 2.75) is 78.2 Å². The Kier molecular flexibility index (Phi) is 6.83. The van der Waals surface area contributed by atoms with Crippen LogP contribution in [0.2, 0.25) is 0 Å². The van der Waals surface area contributed by atoms with Crippen molar-refractivity contribution >= 4 is 11.6 Å². The predicted molar refractivity (Wildman–Crippen MR) is 106 cm³/mol. The minimum atomic E-state index is 0.0863. The van der Waals surface area contributed by atoms with Crippen molar-refractivity contribution in [3.05, 3.63) is 28.7 Å². The molecule has 0 saturated heterocycles. The van der Waals surface area contributed by atoms with Gasteiger partial charge in [-0.3, -0.25) is 4.79 Å². The van der Waals surface area contributed by atoms with Gasteiger partial charge < -0.3 is 10.1 Å². The highest BCUT2D eigenvalue weighted by atomic mass is 16.5. The van der Waals surface area contributed by atoms with Crippen LogP contribution in [0.5, 0.6) is 0 Å². The van der Waals surface area contributed by atoms with Crippen LogP contribution < -0.4 is 5.32 Å². The van der Waals surface area contributed by atoms with Gasteiger partial charge in [0.05, 0.1) is 11.8 Å². The van der Waals surface area contributed by atoms with Gasteiger partial charge in [-0.05, 0) is 52.0 Å². The topological polar surface area (TPSA) is 68.5 Å². The van der Waals surface area contributed by atoms with Gasteiger partial charge in [0.1, 0.15) is 0 Å². The summed E-state index contributed by atoms with van der Waals surface area (Å²) in [7, 11) is 0. The number of aryl methyl sites for hydroxylation is 3. The Hall–Kier alpha value is -1.95. The Morgan fingerprint density at radius 3 is 2.81 bits per heavy atom. The summed E-state index contributed by atoms with van der Waals surface area (Å²) in [5.41, 5.74) is 4.98. The van der Waals surface area contributed by atoms with Crippen molar-refractivity contribution in [2.75, 3.05) is 13.2 Å². The molecule has 0 spiro atoms. The number of ether oxygens (including phenoxy) is 1. The van der Waals surface area contributed by atoms with E-state index in [2.05, 4.69) is 15.4 Å². The van der Waals surface area contributed by atoms with E-state index in [9.17, 15) is 4.79 Å². The van der Waals surface area contributed by atoms with Crippen LogP contribution in [-0.2, 0) is 16.0 Å². The summed E-state index contributed by atoms with van der Waals surface area (Å²) in [6.45, 7) is 7.44. The fourth-order valence-corrected chi connectivity index (χ4v) is 3.91. The summed E-state index contributed by atoms with van der Waals surface area (Å²) < 4.78 is 7.77. The van der Waals surface area contributed by atoms with Gasteiger partial charge in [0, 0.05) is 37.0 Å². The van der Waals surface area contributed by atoms with Crippen LogP contribution in [-0.4, -0.2) is 39.8 Å². The van der Waals surface area contributed by atoms with Crippen molar-refractivity contribution in [2.24, 2.45) is 0 Å². The number of amides is 1. The fourth-order valence-electron chi connectivity index (χ4n) is 3.91. The Labute approximate surface area is 161 Å². The molecule has 6 heteroatoms. The average Bonchev–Trinajstić information content (AvgIpc) is 3.02. The number of hydrogen-bond acceptors (Lipinski definition) is 4. The molecular formula is C21H32N4O2. The zero-order valence-corrected chi connectivity index (χ0v) is 16.9. The zero-order valence-electron chi connectivity index (χ0n) is 16.9. The third kappa shape index (κ3) is 5.28. The Bertz CT molecular complexity index is 778. The first kappa shape index (κ1) is 19.8. The number of aromatic nitrogens is 3. The second kappa shape index (κ2) is 9.31. The molecule has 2 aromatic rings. The summed E-state index contributed by atoms with van der Waals surface area (Å²) in [6.07, 6.45) is 8.78. The van der Waals surface area contributed by atoms with E-state index < -0.39 is 0 Å². The van der Waals surface area contributed by atoms with Gasteiger partial charge in [-0.15, -0.1) is 0 Å². The molecule has 1 aliphatic carbocycles. The lowest BCUT2D eigenvalue weighted by molar-refractivity contribution is -0.121. The highest BCUT2D eigenvalue weighted by Gasteiger charge is 2.14. The highest BCUT2D eigenvalue weighted by molar-refractivity contribution is 5.76. The minimum absolute atomic E-state index is 0.0863. The van der Waals surface area contributed by atoms with Gasteiger partial charge >= 0.3 is 0 Å². The number of rotatable bonds is 8. The van der Waals surface area contributed by atoms with Gasteiger partial charge in [-0.1, -0.05) is 19.3 Å². The predicted octanol–water partition coefficient (Wildman–Crippen LogP) is 3.44. The van der Waals surface area contributed by atoms with Crippen LogP contribution in [0.3, 0.4) is 0 Å². The first-order chi connectivity index (χ1) is 13.0. The van der Waals surface area contributed by atoms with E-state index >= 15 is 0 Å². The third-order valence-corrected chi connectivity index (χ3v) is 5.44. The van der Waals surface area contributed by atoms with E-state index in [4.69, 9.17) is 4.74 Å². The van der Waals surface area contributed by atoms with Crippen molar-refractivity contribution in [1.82, 2.24) is 19.9 Å². The highest BCUT2D eigenvalue weighted by Crippen LogP contribution is 2.20. The van der Waals surface area contributed by atoms with E-state index in [0.717, 1.165) is 41.3 Å². The maximum Gasteiger partial charge on any atom is 0.220 e. The second-order valence-electron chi connectivity index (χ2n) is 7.65. The number of fused-ring (bicyclic) bond motifs is 1. The van der Waals surface area contributed by atoms with Crippen LogP contribution in [0.25, 0.3) is 5.65 Å². The molecule has 0 aliphatic heterocycles. The van der Waals surface area contributed by atoms with Gasteiger partial charge in [0.2, 0.25) is 5.91 Å². The molecule has 0 aromatic carbocycles. The number of carbonyl (C=O) groups is 1. The lowest BCUT2D eigenvalue weighted by atomic mass is 9.98. The quantitative estimate of drug-likeness (QED) is 0.721.